The van der Waals surface area contributed by atoms with E-state index in [4.69, 9.17) is 4.98 Å². The standard InChI is InChI=1S/C38H42N3/c1-23(2)27-16-12-17-28(24(3)4)35(27)30-22-25(5)34-37(39-30)36-29(26-14-8-7-9-15-26)18-13-21-33(36)41-32-20-11-10-19-31(32)40(6)38(34)41/h10-13,16-24,26H,7-9,14-15H2,1-6H3/q+1. The highest BCUT2D eigenvalue weighted by atomic mass is 15.1. The molecule has 3 aromatic carbocycles. The molecule has 0 spiro atoms. The van der Waals surface area contributed by atoms with Gasteiger partial charge in [-0.25, -0.2) is 9.55 Å². The maximum Gasteiger partial charge on any atom is 0.297 e. The van der Waals surface area contributed by atoms with E-state index in [9.17, 15) is 0 Å². The number of imidazole rings is 1. The topological polar surface area (TPSA) is 21.2 Å². The van der Waals surface area contributed by atoms with E-state index in [-0.39, 0.29) is 0 Å². The molecule has 0 radical (unpaired) electrons. The smallest absolute Gasteiger partial charge is 0.247 e. The molecule has 0 unspecified atom stereocenters. The van der Waals surface area contributed by atoms with Crippen LogP contribution in [-0.4, -0.2) is 9.38 Å². The molecule has 7 rings (SSSR count). The number of hydrogen-bond acceptors (Lipinski definition) is 1. The molecule has 0 aliphatic heterocycles. The van der Waals surface area contributed by atoms with E-state index in [0.717, 1.165) is 11.2 Å². The van der Waals surface area contributed by atoms with Crippen LogP contribution in [0.2, 0.25) is 0 Å². The second-order valence-electron chi connectivity index (χ2n) is 13.0. The quantitative estimate of drug-likeness (QED) is 0.161. The average molecular weight is 541 g/mol. The Kier molecular flexibility index (Phi) is 6.37. The summed E-state index contributed by atoms with van der Waals surface area (Å²) < 4.78 is 4.88. The normalized spacial score (nSPS) is 14.9. The number of fused-ring (bicyclic) bond motifs is 8. The van der Waals surface area contributed by atoms with Crippen LogP contribution in [0.3, 0.4) is 0 Å². The van der Waals surface area contributed by atoms with Gasteiger partial charge in [0, 0.05) is 5.56 Å². The van der Waals surface area contributed by atoms with E-state index < -0.39 is 0 Å². The lowest BCUT2D eigenvalue weighted by Crippen LogP contribution is -2.27. The number of nitrogens with zero attached hydrogens (tertiary/aromatic N) is 3. The Morgan fingerprint density at radius 3 is 2.15 bits per heavy atom. The van der Waals surface area contributed by atoms with Gasteiger partial charge in [-0.2, -0.15) is 4.40 Å². The number of rotatable bonds is 4. The van der Waals surface area contributed by atoms with Crippen LogP contribution in [0.25, 0.3) is 49.7 Å². The summed E-state index contributed by atoms with van der Waals surface area (Å²) in [5.74, 6) is 1.43. The lowest BCUT2D eigenvalue weighted by atomic mass is 9.82. The van der Waals surface area contributed by atoms with E-state index in [2.05, 4.69) is 117 Å². The number of aromatic nitrogens is 3. The Hall–Kier alpha value is -3.72. The number of para-hydroxylation sites is 2. The number of hydrogen-bond donors (Lipinski definition) is 0. The summed E-state index contributed by atoms with van der Waals surface area (Å²) in [4.78, 5) is 5.71. The Morgan fingerprint density at radius 1 is 0.780 bits per heavy atom. The van der Waals surface area contributed by atoms with E-state index in [1.165, 1.54) is 92.9 Å². The van der Waals surface area contributed by atoms with Gasteiger partial charge < -0.3 is 0 Å². The number of pyridine rings is 2. The van der Waals surface area contributed by atoms with Gasteiger partial charge in [0.05, 0.1) is 29.0 Å². The predicted octanol–water partition coefficient (Wildman–Crippen LogP) is 9.89. The molecular weight excluding hydrogens is 498 g/mol. The van der Waals surface area contributed by atoms with Crippen molar-refractivity contribution in [2.45, 2.75) is 84.5 Å². The minimum atomic E-state index is 0.423. The van der Waals surface area contributed by atoms with Gasteiger partial charge in [-0.05, 0) is 84.0 Å². The second kappa shape index (κ2) is 9.98. The molecule has 3 heterocycles. The zero-order valence-corrected chi connectivity index (χ0v) is 25.5. The first-order chi connectivity index (χ1) is 19.9. The van der Waals surface area contributed by atoms with Gasteiger partial charge >= 0.3 is 0 Å². The predicted molar refractivity (Wildman–Crippen MR) is 173 cm³/mol. The summed E-state index contributed by atoms with van der Waals surface area (Å²) in [6.45, 7) is 11.5. The van der Waals surface area contributed by atoms with E-state index in [1.54, 1.807) is 0 Å². The van der Waals surface area contributed by atoms with Crippen LogP contribution in [0.15, 0.2) is 66.7 Å². The van der Waals surface area contributed by atoms with Crippen molar-refractivity contribution in [1.82, 2.24) is 9.38 Å². The van der Waals surface area contributed by atoms with Gasteiger partial charge in [-0.1, -0.05) is 89.4 Å². The fourth-order valence-electron chi connectivity index (χ4n) is 7.70. The molecule has 0 amide bonds. The van der Waals surface area contributed by atoms with Gasteiger partial charge in [0.1, 0.15) is 5.52 Å². The van der Waals surface area contributed by atoms with Crippen LogP contribution in [-0.2, 0) is 7.05 Å². The monoisotopic (exact) mass is 540 g/mol. The first-order valence-corrected chi connectivity index (χ1v) is 15.6. The van der Waals surface area contributed by atoms with Gasteiger partial charge in [-0.15, -0.1) is 0 Å². The number of aryl methyl sites for hydroxylation is 2. The summed E-state index contributed by atoms with van der Waals surface area (Å²) in [7, 11) is 2.21. The first kappa shape index (κ1) is 26.2. The van der Waals surface area contributed by atoms with E-state index >= 15 is 0 Å². The molecule has 0 saturated heterocycles. The third-order valence-corrected chi connectivity index (χ3v) is 9.68. The lowest BCUT2D eigenvalue weighted by Gasteiger charge is -2.24. The third-order valence-electron chi connectivity index (χ3n) is 9.68. The Morgan fingerprint density at radius 2 is 1.44 bits per heavy atom. The van der Waals surface area contributed by atoms with E-state index in [0.29, 0.717) is 17.8 Å². The molecule has 208 valence electrons. The molecule has 1 aliphatic rings. The summed E-state index contributed by atoms with van der Waals surface area (Å²) in [5, 5.41) is 2.62. The fourth-order valence-corrected chi connectivity index (χ4v) is 7.70. The van der Waals surface area contributed by atoms with Gasteiger partial charge in [-0.3, -0.25) is 0 Å². The molecule has 1 fully saturated rings. The highest BCUT2D eigenvalue weighted by Gasteiger charge is 2.29. The van der Waals surface area contributed by atoms with Crippen LogP contribution >= 0.6 is 0 Å². The maximum absolute atomic E-state index is 5.71. The summed E-state index contributed by atoms with van der Waals surface area (Å²) in [6, 6.07) is 25.1. The van der Waals surface area contributed by atoms with Gasteiger partial charge in [0.25, 0.3) is 5.65 Å². The SMILES string of the molecule is Cc1cc(-c2c(C(C)C)cccc2C(C)C)nc2c3c(C4CCCCC4)cccc3n3c4ccccc4[n+](C)c3c12. The zero-order chi connectivity index (χ0) is 28.4. The van der Waals surface area contributed by atoms with Crippen molar-refractivity contribution < 1.29 is 4.57 Å². The second-order valence-corrected chi connectivity index (χ2v) is 13.0. The lowest BCUT2D eigenvalue weighted by molar-refractivity contribution is -0.617. The first-order valence-electron chi connectivity index (χ1n) is 15.6. The van der Waals surface area contributed by atoms with Crippen LogP contribution < -0.4 is 4.57 Å². The largest absolute Gasteiger partial charge is 0.297 e. The van der Waals surface area contributed by atoms with Crippen LogP contribution in [0, 0.1) is 6.92 Å². The molecule has 3 aromatic heterocycles. The van der Waals surface area contributed by atoms with Crippen molar-refractivity contribution in [1.29, 1.82) is 0 Å². The van der Waals surface area contributed by atoms with Crippen molar-refractivity contribution in [2.24, 2.45) is 7.05 Å². The highest BCUT2D eigenvalue weighted by Crippen LogP contribution is 2.43. The molecule has 0 N–H and O–H groups in total. The molecule has 41 heavy (non-hydrogen) atoms. The van der Waals surface area contributed by atoms with Crippen molar-refractivity contribution in [3.63, 3.8) is 0 Å². The Labute approximate surface area is 243 Å². The molecule has 1 aliphatic carbocycles. The molecule has 0 bridgehead atoms. The fraction of sp³-hybridized carbons (Fsp3) is 0.368. The minimum absolute atomic E-state index is 0.423. The van der Waals surface area contributed by atoms with Crippen LogP contribution in [0.4, 0.5) is 0 Å². The van der Waals surface area contributed by atoms with Crippen LogP contribution in [0.5, 0.6) is 0 Å². The average Bonchev–Trinajstić information content (AvgIpc) is 3.29. The molecule has 1 saturated carbocycles. The molecule has 6 aromatic rings. The molecule has 3 heteroatoms. The summed E-state index contributed by atoms with van der Waals surface area (Å²) >= 11 is 0. The summed E-state index contributed by atoms with van der Waals surface area (Å²) in [6.07, 6.45) is 6.53. The molecular formula is C38H42N3+. The molecule has 3 nitrogen and oxygen atoms in total. The molecule has 0 atom stereocenters. The van der Waals surface area contributed by atoms with Crippen molar-refractivity contribution >= 4 is 38.5 Å². The zero-order valence-electron chi connectivity index (χ0n) is 25.5. The van der Waals surface area contributed by atoms with E-state index in [1.807, 2.05) is 0 Å². The van der Waals surface area contributed by atoms with Crippen molar-refractivity contribution in [2.75, 3.05) is 0 Å². The van der Waals surface area contributed by atoms with Crippen molar-refractivity contribution in [3.05, 3.63) is 89.0 Å². The highest BCUT2D eigenvalue weighted by molar-refractivity contribution is 6.13. The summed E-state index contributed by atoms with van der Waals surface area (Å²) in [5.41, 5.74) is 14.2. The Bertz CT molecular complexity index is 1920. The van der Waals surface area contributed by atoms with Gasteiger partial charge in [0.2, 0.25) is 0 Å². The van der Waals surface area contributed by atoms with Gasteiger partial charge in [0.15, 0.2) is 11.0 Å². The minimum Gasteiger partial charge on any atom is -0.247 e. The van der Waals surface area contributed by atoms with Crippen molar-refractivity contribution in [3.8, 4) is 11.3 Å². The maximum atomic E-state index is 5.71. The third kappa shape index (κ3) is 4.00. The Balaban J connectivity index is 1.70. The van der Waals surface area contributed by atoms with Crippen LogP contribution in [0.1, 0.15) is 99.8 Å². The number of benzene rings is 3.